The average Bonchev–Trinajstić information content (AvgIpc) is 3.02. The minimum atomic E-state index is 0.251. The van der Waals surface area contributed by atoms with Crippen molar-refractivity contribution in [2.45, 2.75) is 18.9 Å². The highest BCUT2D eigenvalue weighted by Crippen LogP contribution is 2.23. The Morgan fingerprint density at radius 2 is 2.53 bits per heavy atom. The fourth-order valence-corrected chi connectivity index (χ4v) is 2.23. The van der Waals surface area contributed by atoms with E-state index in [-0.39, 0.29) is 6.04 Å². The van der Waals surface area contributed by atoms with Crippen molar-refractivity contribution in [1.29, 1.82) is 0 Å². The van der Waals surface area contributed by atoms with Gasteiger partial charge in [-0.05, 0) is 19.4 Å². The molecule has 0 saturated carbocycles. The lowest BCUT2D eigenvalue weighted by Gasteiger charge is -2.01. The molecule has 3 heterocycles. The maximum absolute atomic E-state index is 5.16. The summed E-state index contributed by atoms with van der Waals surface area (Å²) < 4.78 is 5.16. The molecule has 1 fully saturated rings. The van der Waals surface area contributed by atoms with Gasteiger partial charge >= 0.3 is 0 Å². The molecule has 0 aromatic carbocycles. The summed E-state index contributed by atoms with van der Waals surface area (Å²) in [4.78, 5) is 8.47. The van der Waals surface area contributed by atoms with Gasteiger partial charge in [-0.1, -0.05) is 5.16 Å². The van der Waals surface area contributed by atoms with Crippen LogP contribution in [-0.2, 0) is 0 Å². The maximum Gasteiger partial charge on any atom is 0.277 e. The van der Waals surface area contributed by atoms with E-state index in [0.29, 0.717) is 5.89 Å². The summed E-state index contributed by atoms with van der Waals surface area (Å²) in [6.07, 6.45) is 2.25. The predicted molar refractivity (Wildman–Crippen MR) is 55.4 cm³/mol. The zero-order valence-electron chi connectivity index (χ0n) is 8.01. The molecule has 5 nitrogen and oxygen atoms in total. The Kier molecular flexibility index (Phi) is 2.22. The second kappa shape index (κ2) is 3.71. The number of thiazole rings is 1. The van der Waals surface area contributed by atoms with Gasteiger partial charge in [-0.25, -0.2) is 4.98 Å². The van der Waals surface area contributed by atoms with Crippen LogP contribution in [0.1, 0.15) is 24.7 Å². The first-order valence-electron chi connectivity index (χ1n) is 4.89. The monoisotopic (exact) mass is 222 g/mol. The van der Waals surface area contributed by atoms with Crippen LogP contribution in [0.3, 0.4) is 0 Å². The van der Waals surface area contributed by atoms with E-state index in [1.54, 1.807) is 5.51 Å². The van der Waals surface area contributed by atoms with E-state index in [1.165, 1.54) is 17.8 Å². The Bertz CT molecular complexity index is 433. The molecule has 0 radical (unpaired) electrons. The fourth-order valence-electron chi connectivity index (χ4n) is 1.70. The minimum Gasteiger partial charge on any atom is -0.332 e. The highest BCUT2D eigenvalue weighted by Gasteiger charge is 2.22. The number of nitrogens with one attached hydrogen (secondary N) is 1. The second-order valence-electron chi connectivity index (χ2n) is 3.48. The predicted octanol–water partition coefficient (Wildman–Crippen LogP) is 1.62. The molecule has 1 unspecified atom stereocenters. The summed E-state index contributed by atoms with van der Waals surface area (Å²) in [6, 6.07) is 0.251. The first-order valence-corrected chi connectivity index (χ1v) is 5.83. The van der Waals surface area contributed by atoms with Crippen molar-refractivity contribution in [3.63, 3.8) is 0 Å². The van der Waals surface area contributed by atoms with Gasteiger partial charge in [-0.3, -0.25) is 0 Å². The van der Waals surface area contributed by atoms with E-state index in [4.69, 9.17) is 4.52 Å². The molecular formula is C9H10N4OS. The summed E-state index contributed by atoms with van der Waals surface area (Å²) in [5.74, 6) is 1.26. The van der Waals surface area contributed by atoms with Crippen molar-refractivity contribution < 1.29 is 4.52 Å². The summed E-state index contributed by atoms with van der Waals surface area (Å²) in [7, 11) is 0. The number of hydrogen-bond acceptors (Lipinski definition) is 6. The van der Waals surface area contributed by atoms with E-state index in [2.05, 4.69) is 20.4 Å². The lowest BCUT2D eigenvalue weighted by atomic mass is 10.2. The molecule has 2 aromatic rings. The molecule has 1 aliphatic rings. The minimum absolute atomic E-state index is 0.251. The standard InChI is InChI=1S/C9H10N4OS/c1-2-6(10-3-1)8-12-9(14-13-8)7-4-15-5-11-7/h4-6,10H,1-3H2. The van der Waals surface area contributed by atoms with Gasteiger partial charge in [0, 0.05) is 5.38 Å². The SMILES string of the molecule is c1nc(-c2nc(C3CCCN3)no2)cs1. The Morgan fingerprint density at radius 3 is 3.27 bits per heavy atom. The van der Waals surface area contributed by atoms with Crippen molar-refractivity contribution in [2.24, 2.45) is 0 Å². The molecule has 78 valence electrons. The molecule has 1 saturated heterocycles. The molecule has 2 aromatic heterocycles. The smallest absolute Gasteiger partial charge is 0.277 e. The highest BCUT2D eigenvalue weighted by molar-refractivity contribution is 7.07. The van der Waals surface area contributed by atoms with E-state index in [0.717, 1.165) is 24.5 Å². The van der Waals surface area contributed by atoms with E-state index < -0.39 is 0 Å². The van der Waals surface area contributed by atoms with Crippen LogP contribution in [0, 0.1) is 0 Å². The normalized spacial score (nSPS) is 20.9. The van der Waals surface area contributed by atoms with Crippen molar-refractivity contribution in [3.8, 4) is 11.6 Å². The van der Waals surface area contributed by atoms with Gasteiger partial charge in [0.1, 0.15) is 5.69 Å². The lowest BCUT2D eigenvalue weighted by Crippen LogP contribution is -2.14. The third-order valence-corrected chi connectivity index (χ3v) is 3.05. The topological polar surface area (TPSA) is 63.8 Å². The molecule has 1 atom stereocenters. The molecule has 15 heavy (non-hydrogen) atoms. The van der Waals surface area contributed by atoms with Crippen LogP contribution in [0.4, 0.5) is 0 Å². The largest absolute Gasteiger partial charge is 0.332 e. The van der Waals surface area contributed by atoms with Gasteiger partial charge in [-0.2, -0.15) is 4.98 Å². The van der Waals surface area contributed by atoms with Gasteiger partial charge < -0.3 is 9.84 Å². The van der Waals surface area contributed by atoms with Gasteiger partial charge in [0.05, 0.1) is 11.6 Å². The fraction of sp³-hybridized carbons (Fsp3) is 0.444. The molecule has 0 bridgehead atoms. The summed E-state index contributed by atoms with van der Waals surface area (Å²) in [6.45, 7) is 1.03. The molecular weight excluding hydrogens is 212 g/mol. The van der Waals surface area contributed by atoms with Gasteiger partial charge in [-0.15, -0.1) is 11.3 Å². The van der Waals surface area contributed by atoms with Crippen molar-refractivity contribution in [2.75, 3.05) is 6.54 Å². The zero-order chi connectivity index (χ0) is 10.1. The van der Waals surface area contributed by atoms with Crippen LogP contribution >= 0.6 is 11.3 Å². The summed E-state index contributed by atoms with van der Waals surface area (Å²) >= 11 is 1.52. The van der Waals surface area contributed by atoms with Gasteiger partial charge in [0.25, 0.3) is 5.89 Å². The molecule has 3 rings (SSSR count). The molecule has 1 aliphatic heterocycles. The molecule has 6 heteroatoms. The van der Waals surface area contributed by atoms with Crippen molar-refractivity contribution in [1.82, 2.24) is 20.4 Å². The number of hydrogen-bond donors (Lipinski definition) is 1. The van der Waals surface area contributed by atoms with Crippen LogP contribution in [0.25, 0.3) is 11.6 Å². The van der Waals surface area contributed by atoms with E-state index >= 15 is 0 Å². The average molecular weight is 222 g/mol. The first kappa shape index (κ1) is 8.99. The maximum atomic E-state index is 5.16. The summed E-state index contributed by atoms with van der Waals surface area (Å²) in [5, 5.41) is 9.20. The highest BCUT2D eigenvalue weighted by atomic mass is 32.1. The van der Waals surface area contributed by atoms with Crippen LogP contribution in [0.2, 0.25) is 0 Å². The third-order valence-electron chi connectivity index (χ3n) is 2.47. The molecule has 1 N–H and O–H groups in total. The number of nitrogens with zero attached hydrogens (tertiary/aromatic N) is 3. The Balaban J connectivity index is 1.87. The molecule has 0 amide bonds. The Morgan fingerprint density at radius 1 is 1.53 bits per heavy atom. The number of aromatic nitrogens is 3. The third kappa shape index (κ3) is 1.66. The van der Waals surface area contributed by atoms with E-state index in [1.807, 2.05) is 5.38 Å². The van der Waals surface area contributed by atoms with Crippen LogP contribution in [-0.4, -0.2) is 21.7 Å². The Hall–Kier alpha value is -1.27. The first-order chi connectivity index (χ1) is 7.43. The lowest BCUT2D eigenvalue weighted by molar-refractivity contribution is 0.411. The van der Waals surface area contributed by atoms with Crippen LogP contribution in [0.5, 0.6) is 0 Å². The molecule has 0 spiro atoms. The second-order valence-corrected chi connectivity index (χ2v) is 4.20. The zero-order valence-corrected chi connectivity index (χ0v) is 8.83. The van der Waals surface area contributed by atoms with Crippen LogP contribution < -0.4 is 5.32 Å². The van der Waals surface area contributed by atoms with Crippen LogP contribution in [0.15, 0.2) is 15.4 Å². The van der Waals surface area contributed by atoms with E-state index in [9.17, 15) is 0 Å². The van der Waals surface area contributed by atoms with Crippen molar-refractivity contribution in [3.05, 3.63) is 16.7 Å². The van der Waals surface area contributed by atoms with Gasteiger partial charge in [0.15, 0.2) is 5.82 Å². The Labute approximate surface area is 90.5 Å². The summed E-state index contributed by atoms with van der Waals surface area (Å²) in [5.41, 5.74) is 2.52. The molecule has 0 aliphatic carbocycles. The van der Waals surface area contributed by atoms with Crippen molar-refractivity contribution >= 4 is 11.3 Å². The van der Waals surface area contributed by atoms with Gasteiger partial charge in [0.2, 0.25) is 0 Å². The quantitative estimate of drug-likeness (QED) is 0.836. The number of rotatable bonds is 2.